The molecule has 1 aromatic carbocycles. The molecule has 1 fully saturated rings. The maximum Gasteiger partial charge on any atom is 0.237 e. The smallest absolute Gasteiger partial charge is 0.237 e. The Kier molecular flexibility index (Phi) is 6.37. The molecular formula is C17H27N3O3S. The normalized spacial score (nSPS) is 19.7. The van der Waals surface area contributed by atoms with E-state index in [9.17, 15) is 13.2 Å². The van der Waals surface area contributed by atoms with Gasteiger partial charge in [0, 0.05) is 32.7 Å². The highest BCUT2D eigenvalue weighted by Crippen LogP contribution is 2.15. The largest absolute Gasteiger partial charge is 0.353 e. The Bertz CT molecular complexity index is 646. The fourth-order valence-corrected chi connectivity index (χ4v) is 3.89. The average molecular weight is 353 g/mol. The van der Waals surface area contributed by atoms with Gasteiger partial charge in [-0.2, -0.15) is 4.31 Å². The van der Waals surface area contributed by atoms with E-state index in [2.05, 4.69) is 10.2 Å². The summed E-state index contributed by atoms with van der Waals surface area (Å²) < 4.78 is 25.7. The summed E-state index contributed by atoms with van der Waals surface area (Å²) in [6.45, 7) is 6.67. The van der Waals surface area contributed by atoms with Crippen LogP contribution in [0.15, 0.2) is 30.3 Å². The highest BCUT2D eigenvalue weighted by molar-refractivity contribution is 7.88. The summed E-state index contributed by atoms with van der Waals surface area (Å²) in [4.78, 5) is 14.2. The standard InChI is InChI=1S/C17H27N3O3S/c1-14(2)16-17(21)18-9-10-19(16)11-12-20(24(3,22)23)13-15-7-5-4-6-8-15/h4-8,14,16H,9-13H2,1-3H3,(H,18,21). The van der Waals surface area contributed by atoms with Crippen molar-refractivity contribution in [3.63, 3.8) is 0 Å². The lowest BCUT2D eigenvalue weighted by atomic mass is 10.00. The average Bonchev–Trinajstić information content (AvgIpc) is 2.51. The first-order valence-electron chi connectivity index (χ1n) is 8.30. The van der Waals surface area contributed by atoms with Crippen LogP contribution in [0.25, 0.3) is 0 Å². The zero-order chi connectivity index (χ0) is 17.7. The van der Waals surface area contributed by atoms with Gasteiger partial charge in [0.15, 0.2) is 0 Å². The zero-order valence-corrected chi connectivity index (χ0v) is 15.4. The highest BCUT2D eigenvalue weighted by atomic mass is 32.2. The third kappa shape index (κ3) is 5.03. The number of hydrogen-bond acceptors (Lipinski definition) is 4. The van der Waals surface area contributed by atoms with Crippen LogP contribution in [0.5, 0.6) is 0 Å². The molecule has 134 valence electrons. The van der Waals surface area contributed by atoms with Crippen LogP contribution in [0, 0.1) is 5.92 Å². The molecule has 0 radical (unpaired) electrons. The molecule has 1 unspecified atom stereocenters. The fourth-order valence-electron chi connectivity index (χ4n) is 3.10. The molecule has 0 saturated carbocycles. The van der Waals surface area contributed by atoms with E-state index in [1.54, 1.807) is 0 Å². The molecule has 0 aliphatic carbocycles. The van der Waals surface area contributed by atoms with Crippen LogP contribution < -0.4 is 5.32 Å². The van der Waals surface area contributed by atoms with Gasteiger partial charge in [0.2, 0.25) is 15.9 Å². The monoisotopic (exact) mass is 353 g/mol. The van der Waals surface area contributed by atoms with E-state index in [0.717, 1.165) is 12.1 Å². The second-order valence-electron chi connectivity index (χ2n) is 6.60. The second-order valence-corrected chi connectivity index (χ2v) is 8.58. The van der Waals surface area contributed by atoms with Crippen molar-refractivity contribution in [3.05, 3.63) is 35.9 Å². The van der Waals surface area contributed by atoms with Crippen molar-refractivity contribution in [2.45, 2.75) is 26.4 Å². The van der Waals surface area contributed by atoms with E-state index in [1.807, 2.05) is 44.2 Å². The van der Waals surface area contributed by atoms with Crippen LogP contribution in [-0.4, -0.2) is 62.0 Å². The summed E-state index contributed by atoms with van der Waals surface area (Å²) >= 11 is 0. The minimum absolute atomic E-state index is 0.0326. The third-order valence-corrected chi connectivity index (χ3v) is 5.55. The Balaban J connectivity index is 2.06. The lowest BCUT2D eigenvalue weighted by Crippen LogP contribution is -2.58. The van der Waals surface area contributed by atoms with Crippen molar-refractivity contribution in [3.8, 4) is 0 Å². The molecule has 1 aliphatic rings. The molecule has 24 heavy (non-hydrogen) atoms. The first-order valence-corrected chi connectivity index (χ1v) is 10.1. The van der Waals surface area contributed by atoms with Gasteiger partial charge in [0.1, 0.15) is 0 Å². The van der Waals surface area contributed by atoms with Gasteiger partial charge in [0.25, 0.3) is 0 Å². The molecule has 1 aromatic rings. The molecular weight excluding hydrogens is 326 g/mol. The van der Waals surface area contributed by atoms with Crippen molar-refractivity contribution in [2.75, 3.05) is 32.4 Å². The maximum absolute atomic E-state index is 12.1. The summed E-state index contributed by atoms with van der Waals surface area (Å²) in [5.41, 5.74) is 0.958. The van der Waals surface area contributed by atoms with E-state index in [0.29, 0.717) is 26.2 Å². The van der Waals surface area contributed by atoms with Gasteiger partial charge in [-0.25, -0.2) is 8.42 Å². The van der Waals surface area contributed by atoms with Gasteiger partial charge in [-0.3, -0.25) is 9.69 Å². The van der Waals surface area contributed by atoms with Crippen molar-refractivity contribution in [1.29, 1.82) is 0 Å². The Morgan fingerprint density at radius 2 is 1.96 bits per heavy atom. The van der Waals surface area contributed by atoms with Gasteiger partial charge in [-0.1, -0.05) is 44.2 Å². The number of amides is 1. The van der Waals surface area contributed by atoms with Gasteiger partial charge < -0.3 is 5.32 Å². The number of rotatable bonds is 7. The number of hydrogen-bond donors (Lipinski definition) is 1. The van der Waals surface area contributed by atoms with Crippen molar-refractivity contribution < 1.29 is 13.2 Å². The van der Waals surface area contributed by atoms with E-state index in [4.69, 9.17) is 0 Å². The molecule has 7 heteroatoms. The number of nitrogens with zero attached hydrogens (tertiary/aromatic N) is 2. The summed E-state index contributed by atoms with van der Waals surface area (Å²) in [7, 11) is -3.31. The summed E-state index contributed by atoms with van der Waals surface area (Å²) in [5, 5.41) is 2.89. The van der Waals surface area contributed by atoms with Crippen LogP contribution in [0.1, 0.15) is 19.4 Å². The SMILES string of the molecule is CC(C)C1C(=O)NCCN1CCN(Cc1ccccc1)S(C)(=O)=O. The molecule has 6 nitrogen and oxygen atoms in total. The lowest BCUT2D eigenvalue weighted by molar-refractivity contribution is -0.130. The quantitative estimate of drug-likeness (QED) is 0.791. The van der Waals surface area contributed by atoms with Crippen molar-refractivity contribution in [1.82, 2.24) is 14.5 Å². The maximum atomic E-state index is 12.1. The Labute approximate surface area is 144 Å². The van der Waals surface area contributed by atoms with Crippen LogP contribution in [0.2, 0.25) is 0 Å². The fraction of sp³-hybridized carbons (Fsp3) is 0.588. The van der Waals surface area contributed by atoms with Crippen molar-refractivity contribution >= 4 is 15.9 Å². The second kappa shape index (κ2) is 8.09. The number of sulfonamides is 1. The minimum Gasteiger partial charge on any atom is -0.353 e. The molecule has 1 atom stereocenters. The van der Waals surface area contributed by atoms with Crippen LogP contribution in [-0.2, 0) is 21.4 Å². The topological polar surface area (TPSA) is 69.7 Å². The molecule has 2 rings (SSSR count). The minimum atomic E-state index is -3.31. The molecule has 1 amide bonds. The number of piperazine rings is 1. The van der Waals surface area contributed by atoms with E-state index >= 15 is 0 Å². The summed E-state index contributed by atoms with van der Waals surface area (Å²) in [6, 6.07) is 9.36. The molecule has 1 saturated heterocycles. The Hall–Kier alpha value is -1.44. The zero-order valence-electron chi connectivity index (χ0n) is 14.6. The van der Waals surface area contributed by atoms with Gasteiger partial charge in [-0.05, 0) is 11.5 Å². The molecule has 1 aliphatic heterocycles. The van der Waals surface area contributed by atoms with E-state index in [1.165, 1.54) is 10.6 Å². The molecule has 1 heterocycles. The van der Waals surface area contributed by atoms with Crippen LogP contribution in [0.4, 0.5) is 0 Å². The van der Waals surface area contributed by atoms with Gasteiger partial charge in [0.05, 0.1) is 12.3 Å². The first-order chi connectivity index (χ1) is 11.3. The Morgan fingerprint density at radius 1 is 1.29 bits per heavy atom. The predicted octanol–water partition coefficient (Wildman–Crippen LogP) is 0.905. The van der Waals surface area contributed by atoms with Crippen molar-refractivity contribution in [2.24, 2.45) is 5.92 Å². The molecule has 0 bridgehead atoms. The number of carbonyl (C=O) groups is 1. The van der Waals surface area contributed by atoms with Gasteiger partial charge >= 0.3 is 0 Å². The van der Waals surface area contributed by atoms with Gasteiger partial charge in [-0.15, -0.1) is 0 Å². The molecule has 0 spiro atoms. The third-order valence-electron chi connectivity index (χ3n) is 4.30. The lowest BCUT2D eigenvalue weighted by Gasteiger charge is -2.38. The number of nitrogens with one attached hydrogen (secondary N) is 1. The molecule has 0 aromatic heterocycles. The van der Waals surface area contributed by atoms with E-state index in [-0.39, 0.29) is 17.9 Å². The summed E-state index contributed by atoms with van der Waals surface area (Å²) in [5.74, 6) is 0.219. The van der Waals surface area contributed by atoms with Crippen LogP contribution in [0.3, 0.4) is 0 Å². The first kappa shape index (κ1) is 18.9. The highest BCUT2D eigenvalue weighted by Gasteiger charge is 2.32. The molecule has 1 N–H and O–H groups in total. The van der Waals surface area contributed by atoms with Crippen LogP contribution >= 0.6 is 0 Å². The number of carbonyl (C=O) groups excluding carboxylic acids is 1. The predicted molar refractivity (Wildman–Crippen MR) is 94.9 cm³/mol. The number of benzene rings is 1. The van der Waals surface area contributed by atoms with E-state index < -0.39 is 10.0 Å². The Morgan fingerprint density at radius 3 is 2.54 bits per heavy atom. The summed E-state index contributed by atoms with van der Waals surface area (Å²) in [6.07, 6.45) is 1.23.